The van der Waals surface area contributed by atoms with Crippen LogP contribution in [0.3, 0.4) is 0 Å². The molecule has 0 fully saturated rings. The van der Waals surface area contributed by atoms with Crippen LogP contribution in [0.15, 0.2) is 0 Å². The second kappa shape index (κ2) is 2010. The molecule has 0 aromatic rings. The van der Waals surface area contributed by atoms with Gasteiger partial charge in [-0.15, -0.1) is 0 Å². The maximum atomic E-state index is 8.25. The Morgan fingerprint density at radius 3 is 0.357 bits per heavy atom. The van der Waals surface area contributed by atoms with E-state index in [2.05, 4.69) is 0 Å². The molecule has 0 aromatic carbocycles. The minimum Gasteiger partial charge on any atom is -0.857 e. The van der Waals surface area contributed by atoms with Crippen LogP contribution in [0.1, 0.15) is 0 Å². The molecule has 0 saturated carbocycles. The molecule has 0 radical (unpaired) electrons. The Hall–Kier alpha value is 1.10. The van der Waals surface area contributed by atoms with Gasteiger partial charge in [-0.2, -0.15) is 42.7 Å². The third kappa shape index (κ3) is 1590. The molecule has 0 amide bonds. The Morgan fingerprint density at radius 2 is 0.357 bits per heavy atom. The van der Waals surface area contributed by atoms with Crippen molar-refractivity contribution >= 4 is 0 Å². The standard InChI is InChI=1S/6CH3O.Li.Nb/c6*1-2;;/h6*1H3;;/q6*-1;+1;+5. The molecular weight excluding hydrogens is 268 g/mol. The molecule has 0 aliphatic rings. The van der Waals surface area contributed by atoms with Crippen molar-refractivity contribution in [3.8, 4) is 0 Å². The van der Waals surface area contributed by atoms with E-state index in [9.17, 15) is 0 Å². The Bertz CT molecular complexity index is 22.3. The third-order valence-corrected chi connectivity index (χ3v) is 0. The smallest absolute Gasteiger partial charge is 0.857 e. The molecule has 84 valence electrons. The van der Waals surface area contributed by atoms with Crippen molar-refractivity contribution in [1.82, 2.24) is 0 Å². The Kier molecular flexibility index (Phi) is 8540. The molecule has 0 aliphatic carbocycles. The van der Waals surface area contributed by atoms with Gasteiger partial charge in [-0.05, 0) is 0 Å². The van der Waals surface area contributed by atoms with Gasteiger partial charge in [0.05, 0.1) is 0 Å². The summed E-state index contributed by atoms with van der Waals surface area (Å²) < 4.78 is 0. The van der Waals surface area contributed by atoms with E-state index in [0.29, 0.717) is 0 Å². The maximum absolute atomic E-state index is 8.25. The molecule has 0 rings (SSSR count). The van der Waals surface area contributed by atoms with Gasteiger partial charge in [0.2, 0.25) is 0 Å². The zero-order valence-corrected chi connectivity index (χ0v) is 12.1. The van der Waals surface area contributed by atoms with Crippen LogP contribution in [0.4, 0.5) is 0 Å². The molecule has 6 nitrogen and oxygen atoms in total. The van der Waals surface area contributed by atoms with E-state index in [1.54, 1.807) is 0 Å². The van der Waals surface area contributed by atoms with Gasteiger partial charge in [0.1, 0.15) is 0 Å². The molecule has 0 saturated heterocycles. The maximum Gasteiger partial charge on any atom is 5.00 e. The quantitative estimate of drug-likeness (QED) is 0.405. The molecule has 8 heteroatoms. The van der Waals surface area contributed by atoms with E-state index in [1.165, 1.54) is 0 Å². The van der Waals surface area contributed by atoms with Crippen LogP contribution in [0, 0.1) is 0 Å². The van der Waals surface area contributed by atoms with Gasteiger partial charge >= 0.3 is 41.2 Å². The zero-order valence-electron chi connectivity index (χ0n) is 9.90. The largest absolute Gasteiger partial charge is 5.00 e. The summed E-state index contributed by atoms with van der Waals surface area (Å²) in [4.78, 5) is 0. The van der Waals surface area contributed by atoms with Crippen molar-refractivity contribution in [2.45, 2.75) is 0 Å². The predicted octanol–water partition coefficient (Wildman–Crippen LogP) is -9.14. The van der Waals surface area contributed by atoms with Crippen molar-refractivity contribution in [2.24, 2.45) is 0 Å². The van der Waals surface area contributed by atoms with Gasteiger partial charge in [0.25, 0.3) is 0 Å². The van der Waals surface area contributed by atoms with Crippen molar-refractivity contribution in [3.63, 3.8) is 0 Å². The fourth-order valence-corrected chi connectivity index (χ4v) is 0. The second-order valence-electron chi connectivity index (χ2n) is 0. The van der Waals surface area contributed by atoms with E-state index in [4.69, 9.17) is 30.6 Å². The summed E-state index contributed by atoms with van der Waals surface area (Å²) in [5.41, 5.74) is 0. The van der Waals surface area contributed by atoms with Gasteiger partial charge in [-0.3, -0.25) is 0 Å². The first-order chi connectivity index (χ1) is 6.00. The normalized spacial score (nSPS) is 2.57. The van der Waals surface area contributed by atoms with Crippen LogP contribution in [-0.4, -0.2) is 42.7 Å². The van der Waals surface area contributed by atoms with Crippen LogP contribution in [0.25, 0.3) is 0 Å². The van der Waals surface area contributed by atoms with Crippen molar-refractivity contribution in [2.75, 3.05) is 42.7 Å². The number of hydrogen-bond donors (Lipinski definition) is 0. The first kappa shape index (κ1) is 59.6. The van der Waals surface area contributed by atoms with E-state index >= 15 is 0 Å². The first-order valence-electron chi connectivity index (χ1n) is 2.45. The average molecular weight is 286 g/mol. The fourth-order valence-electron chi connectivity index (χ4n) is 0. The molecule has 0 unspecified atom stereocenters. The monoisotopic (exact) mass is 286 g/mol. The number of hydrogen-bond acceptors (Lipinski definition) is 6. The van der Waals surface area contributed by atoms with E-state index in [0.717, 1.165) is 42.7 Å². The van der Waals surface area contributed by atoms with Crippen LogP contribution >= 0.6 is 0 Å². The van der Waals surface area contributed by atoms with Crippen LogP contribution in [0.2, 0.25) is 0 Å². The van der Waals surface area contributed by atoms with Crippen molar-refractivity contribution in [1.29, 1.82) is 0 Å². The van der Waals surface area contributed by atoms with Crippen molar-refractivity contribution in [3.05, 3.63) is 0 Å². The summed E-state index contributed by atoms with van der Waals surface area (Å²) in [5, 5.41) is 49.5. The Morgan fingerprint density at radius 1 is 0.357 bits per heavy atom. The van der Waals surface area contributed by atoms with Crippen molar-refractivity contribution < 1.29 is 71.9 Å². The summed E-state index contributed by atoms with van der Waals surface area (Å²) in [6.07, 6.45) is 0. The fraction of sp³-hybridized carbons (Fsp3) is 1.00. The summed E-state index contributed by atoms with van der Waals surface area (Å²) in [7, 11) is 4.50. The second-order valence-corrected chi connectivity index (χ2v) is 0. The molecule has 14 heavy (non-hydrogen) atoms. The Labute approximate surface area is 114 Å². The van der Waals surface area contributed by atoms with Crippen LogP contribution < -0.4 is 49.5 Å². The molecule has 0 bridgehead atoms. The zero-order chi connectivity index (χ0) is 12.0. The van der Waals surface area contributed by atoms with E-state index in [1.807, 2.05) is 0 Å². The Balaban J connectivity index is -0.00000000500. The predicted molar refractivity (Wildman–Crippen MR) is 35.5 cm³/mol. The summed E-state index contributed by atoms with van der Waals surface area (Å²) >= 11 is 0. The van der Waals surface area contributed by atoms with E-state index < -0.39 is 0 Å². The van der Waals surface area contributed by atoms with Gasteiger partial charge in [-0.25, -0.2) is 0 Å². The summed E-state index contributed by atoms with van der Waals surface area (Å²) in [6, 6.07) is 0. The van der Waals surface area contributed by atoms with E-state index in [-0.39, 0.29) is 41.2 Å². The molecule has 0 aliphatic heterocycles. The minimum atomic E-state index is 0. The van der Waals surface area contributed by atoms with Gasteiger partial charge in [-0.1, -0.05) is 0 Å². The third-order valence-electron chi connectivity index (χ3n) is 0. The first-order valence-corrected chi connectivity index (χ1v) is 2.45. The number of rotatable bonds is 0. The minimum absolute atomic E-state index is 0. The molecule has 0 N–H and O–H groups in total. The van der Waals surface area contributed by atoms with Gasteiger partial charge in [0.15, 0.2) is 0 Å². The molecule has 0 heterocycles. The average Bonchev–Trinajstić information content (AvgIpc) is 2.33. The molecule has 0 aromatic heterocycles. The summed E-state index contributed by atoms with van der Waals surface area (Å²) in [6.45, 7) is 0. The summed E-state index contributed by atoms with van der Waals surface area (Å²) in [5.74, 6) is 0. The molecule has 0 atom stereocenters. The van der Waals surface area contributed by atoms with Crippen LogP contribution in [-0.2, 0) is 22.4 Å². The van der Waals surface area contributed by atoms with Gasteiger partial charge < -0.3 is 30.6 Å². The molecular formula is C6H18LiNbO6. The van der Waals surface area contributed by atoms with Gasteiger partial charge in [0, 0.05) is 0 Å². The SMILES string of the molecule is C[O-].C[O-].C[O-].C[O-].C[O-].C[O-].[Li+].[Nb+5]. The topological polar surface area (TPSA) is 138 Å². The molecule has 0 spiro atoms. The van der Waals surface area contributed by atoms with Crippen LogP contribution in [0.5, 0.6) is 0 Å².